The Hall–Kier alpha value is -2.60. The molecule has 0 atom stereocenters. The molecule has 0 saturated heterocycles. The summed E-state index contributed by atoms with van der Waals surface area (Å²) in [6.45, 7) is 4.54. The van der Waals surface area contributed by atoms with Crippen LogP contribution < -0.4 is 4.90 Å². The van der Waals surface area contributed by atoms with Crippen molar-refractivity contribution >= 4 is 22.4 Å². The van der Waals surface area contributed by atoms with Gasteiger partial charge in [0.05, 0.1) is 5.56 Å². The molecule has 0 aliphatic carbocycles. The highest BCUT2D eigenvalue weighted by Crippen LogP contribution is 2.30. The van der Waals surface area contributed by atoms with Gasteiger partial charge in [-0.1, -0.05) is 60.6 Å². The Balaban J connectivity index is 1.93. The molecular formula is C20H20FN3OS. The molecule has 3 aromatic rings. The quantitative estimate of drug-likeness (QED) is 0.607. The smallest absolute Gasteiger partial charge is 0.263 e. The van der Waals surface area contributed by atoms with Crippen LogP contribution in [0.25, 0.3) is 10.6 Å². The van der Waals surface area contributed by atoms with E-state index in [4.69, 9.17) is 0 Å². The molecule has 4 nitrogen and oxygen atoms in total. The van der Waals surface area contributed by atoms with E-state index in [1.54, 1.807) is 12.1 Å². The molecule has 1 aromatic heterocycles. The zero-order chi connectivity index (χ0) is 18.5. The van der Waals surface area contributed by atoms with Crippen molar-refractivity contribution in [3.8, 4) is 10.6 Å². The van der Waals surface area contributed by atoms with Gasteiger partial charge in [-0.15, -0.1) is 10.2 Å². The lowest BCUT2D eigenvalue weighted by molar-refractivity contribution is 0.0982. The van der Waals surface area contributed by atoms with Gasteiger partial charge in [0.25, 0.3) is 5.91 Å². The van der Waals surface area contributed by atoms with E-state index < -0.39 is 5.82 Å². The molecule has 2 aromatic carbocycles. The molecule has 1 amide bonds. The lowest BCUT2D eigenvalue weighted by Gasteiger charge is -2.19. The fourth-order valence-corrected chi connectivity index (χ4v) is 3.47. The molecule has 0 saturated carbocycles. The number of aromatic nitrogens is 2. The van der Waals surface area contributed by atoms with Crippen LogP contribution in [-0.2, 0) is 0 Å². The molecule has 0 aliphatic heterocycles. The summed E-state index contributed by atoms with van der Waals surface area (Å²) in [4.78, 5) is 14.4. The molecule has 0 unspecified atom stereocenters. The highest BCUT2D eigenvalue weighted by atomic mass is 32.1. The number of anilines is 1. The maximum absolute atomic E-state index is 14.1. The molecular weight excluding hydrogens is 349 g/mol. The monoisotopic (exact) mass is 369 g/mol. The van der Waals surface area contributed by atoms with Gasteiger partial charge in [-0.2, -0.15) is 0 Å². The number of hydrogen-bond acceptors (Lipinski definition) is 4. The number of carbonyl (C=O) groups is 1. The van der Waals surface area contributed by atoms with E-state index in [2.05, 4.69) is 10.2 Å². The van der Waals surface area contributed by atoms with Gasteiger partial charge in [0.1, 0.15) is 10.8 Å². The van der Waals surface area contributed by atoms with Crippen molar-refractivity contribution in [1.29, 1.82) is 0 Å². The van der Waals surface area contributed by atoms with Crippen LogP contribution in [0.15, 0.2) is 48.5 Å². The van der Waals surface area contributed by atoms with Crippen molar-refractivity contribution in [3.05, 3.63) is 65.5 Å². The minimum atomic E-state index is -0.526. The lowest BCUT2D eigenvalue weighted by Crippen LogP contribution is -2.32. The summed E-state index contributed by atoms with van der Waals surface area (Å²) in [7, 11) is 0. The molecule has 1 heterocycles. The first-order valence-electron chi connectivity index (χ1n) is 8.57. The minimum absolute atomic E-state index is 0.0518. The predicted molar refractivity (Wildman–Crippen MR) is 103 cm³/mol. The second-order valence-electron chi connectivity index (χ2n) is 6.05. The Labute approximate surface area is 156 Å². The first-order valence-corrected chi connectivity index (χ1v) is 9.38. The second-order valence-corrected chi connectivity index (χ2v) is 7.01. The fourth-order valence-electron chi connectivity index (χ4n) is 2.60. The van der Waals surface area contributed by atoms with Gasteiger partial charge >= 0.3 is 0 Å². The van der Waals surface area contributed by atoms with Crippen LogP contribution in [0.4, 0.5) is 9.52 Å². The Morgan fingerprint density at radius 1 is 1.15 bits per heavy atom. The van der Waals surface area contributed by atoms with Gasteiger partial charge in [-0.25, -0.2) is 4.39 Å². The van der Waals surface area contributed by atoms with Crippen molar-refractivity contribution in [2.45, 2.75) is 26.7 Å². The summed E-state index contributed by atoms with van der Waals surface area (Å²) in [6, 6.07) is 14.0. The van der Waals surface area contributed by atoms with Crippen LogP contribution in [0.5, 0.6) is 0 Å². The highest BCUT2D eigenvalue weighted by Gasteiger charge is 2.23. The molecule has 6 heteroatoms. The third-order valence-corrected chi connectivity index (χ3v) is 4.99. The first-order chi connectivity index (χ1) is 12.6. The molecule has 0 bridgehead atoms. The minimum Gasteiger partial charge on any atom is -0.282 e. The number of carbonyl (C=O) groups excluding carboxylic acids is 1. The highest BCUT2D eigenvalue weighted by molar-refractivity contribution is 7.18. The third kappa shape index (κ3) is 3.96. The van der Waals surface area contributed by atoms with Crippen molar-refractivity contribution in [1.82, 2.24) is 10.2 Å². The van der Waals surface area contributed by atoms with Crippen molar-refractivity contribution in [3.63, 3.8) is 0 Å². The topological polar surface area (TPSA) is 46.1 Å². The maximum Gasteiger partial charge on any atom is 0.263 e. The largest absolute Gasteiger partial charge is 0.282 e. The van der Waals surface area contributed by atoms with Gasteiger partial charge in [-0.05, 0) is 31.5 Å². The van der Waals surface area contributed by atoms with E-state index in [0.717, 1.165) is 29.0 Å². The van der Waals surface area contributed by atoms with E-state index >= 15 is 0 Å². The molecule has 134 valence electrons. The molecule has 0 radical (unpaired) electrons. The van der Waals surface area contributed by atoms with E-state index in [-0.39, 0.29) is 11.5 Å². The number of rotatable bonds is 6. The Morgan fingerprint density at radius 3 is 2.69 bits per heavy atom. The number of nitrogens with zero attached hydrogens (tertiary/aromatic N) is 3. The number of aryl methyl sites for hydroxylation is 1. The fraction of sp³-hybridized carbons (Fsp3) is 0.250. The SMILES string of the molecule is CCCCN(C(=O)c1ccccc1F)c1nnc(-c2cccc(C)c2)s1. The summed E-state index contributed by atoms with van der Waals surface area (Å²) in [5.74, 6) is -0.911. The molecule has 26 heavy (non-hydrogen) atoms. The normalized spacial score (nSPS) is 10.7. The standard InChI is InChI=1S/C20H20FN3OS/c1-3-4-12-24(19(25)16-10-5-6-11-17(16)21)20-23-22-18(26-20)15-9-7-8-14(2)13-15/h5-11,13H,3-4,12H2,1-2H3. The number of hydrogen-bond donors (Lipinski definition) is 0. The van der Waals surface area contributed by atoms with Crippen LogP contribution in [0.3, 0.4) is 0 Å². The lowest BCUT2D eigenvalue weighted by atomic mass is 10.1. The Bertz CT molecular complexity index is 909. The third-order valence-electron chi connectivity index (χ3n) is 3.99. The summed E-state index contributed by atoms with van der Waals surface area (Å²) >= 11 is 1.34. The van der Waals surface area contributed by atoms with Crippen LogP contribution in [-0.4, -0.2) is 22.6 Å². The summed E-state index contributed by atoms with van der Waals surface area (Å²) in [5.41, 5.74) is 2.14. The van der Waals surface area contributed by atoms with E-state index in [0.29, 0.717) is 11.7 Å². The second kappa shape index (κ2) is 8.19. The van der Waals surface area contributed by atoms with Crippen molar-refractivity contribution < 1.29 is 9.18 Å². The van der Waals surface area contributed by atoms with Gasteiger partial charge in [-0.3, -0.25) is 9.69 Å². The number of amides is 1. The Kier molecular flexibility index (Phi) is 5.73. The van der Waals surface area contributed by atoms with Crippen molar-refractivity contribution in [2.75, 3.05) is 11.4 Å². The Morgan fingerprint density at radius 2 is 1.96 bits per heavy atom. The first kappa shape index (κ1) is 18.2. The average Bonchev–Trinajstić information content (AvgIpc) is 3.12. The van der Waals surface area contributed by atoms with Gasteiger partial charge in [0, 0.05) is 12.1 Å². The number of halogens is 1. The van der Waals surface area contributed by atoms with E-state index in [9.17, 15) is 9.18 Å². The van der Waals surface area contributed by atoms with Gasteiger partial charge < -0.3 is 0 Å². The van der Waals surface area contributed by atoms with Crippen molar-refractivity contribution in [2.24, 2.45) is 0 Å². The average molecular weight is 369 g/mol. The van der Waals surface area contributed by atoms with Crippen LogP contribution in [0.2, 0.25) is 0 Å². The summed E-state index contributed by atoms with van der Waals surface area (Å²) in [6.07, 6.45) is 1.73. The summed E-state index contributed by atoms with van der Waals surface area (Å²) in [5, 5.41) is 9.67. The van der Waals surface area contributed by atoms with E-state index in [1.807, 2.05) is 38.1 Å². The van der Waals surface area contributed by atoms with Gasteiger partial charge in [0.2, 0.25) is 5.13 Å². The number of benzene rings is 2. The maximum atomic E-state index is 14.1. The predicted octanol–water partition coefficient (Wildman–Crippen LogP) is 5.10. The molecule has 0 spiro atoms. The van der Waals surface area contributed by atoms with Crippen LogP contribution in [0, 0.1) is 12.7 Å². The molecule has 0 N–H and O–H groups in total. The van der Waals surface area contributed by atoms with Gasteiger partial charge in [0.15, 0.2) is 0 Å². The molecule has 0 aliphatic rings. The number of unbranched alkanes of at least 4 members (excludes halogenated alkanes) is 1. The zero-order valence-electron chi connectivity index (χ0n) is 14.8. The summed E-state index contributed by atoms with van der Waals surface area (Å²) < 4.78 is 14.1. The van der Waals surface area contributed by atoms with Crippen LogP contribution in [0.1, 0.15) is 35.7 Å². The molecule has 0 fully saturated rings. The zero-order valence-corrected chi connectivity index (χ0v) is 15.6. The van der Waals surface area contributed by atoms with E-state index in [1.165, 1.54) is 28.4 Å². The molecule has 3 rings (SSSR count). The van der Waals surface area contributed by atoms with Crippen LogP contribution >= 0.6 is 11.3 Å².